The van der Waals surface area contributed by atoms with E-state index in [1.54, 1.807) is 12.1 Å². The number of hydrogen-bond donors (Lipinski definition) is 8. The van der Waals surface area contributed by atoms with E-state index in [0.717, 1.165) is 0 Å². The van der Waals surface area contributed by atoms with Crippen LogP contribution in [0.5, 0.6) is 5.75 Å². The molecule has 34 heavy (non-hydrogen) atoms. The average Bonchev–Trinajstić information content (AvgIpc) is 3.24. The summed E-state index contributed by atoms with van der Waals surface area (Å²) in [5, 5.41) is 71.5. The van der Waals surface area contributed by atoms with Gasteiger partial charge in [-0.2, -0.15) is 0 Å². The summed E-state index contributed by atoms with van der Waals surface area (Å²) in [6, 6.07) is 3.50. The van der Waals surface area contributed by atoms with Crippen molar-refractivity contribution in [3.8, 4) is 5.75 Å². The third-order valence-corrected chi connectivity index (χ3v) is 7.19. The van der Waals surface area contributed by atoms with Gasteiger partial charge in [0.05, 0.1) is 29.1 Å². The lowest BCUT2D eigenvalue weighted by Gasteiger charge is -2.45. The Kier molecular flexibility index (Phi) is 8.03. The van der Waals surface area contributed by atoms with Gasteiger partial charge in [-0.3, -0.25) is 0 Å². The van der Waals surface area contributed by atoms with Gasteiger partial charge < -0.3 is 59.7 Å². The second-order valence-corrected chi connectivity index (χ2v) is 9.29. The molecule has 2 saturated heterocycles. The molecule has 0 amide bonds. The molecule has 0 unspecified atom stereocenters. The molecule has 0 radical (unpaired) electrons. The van der Waals surface area contributed by atoms with Crippen molar-refractivity contribution >= 4 is 38.4 Å². The monoisotopic (exact) mass is 569 g/mol. The highest BCUT2D eigenvalue weighted by Crippen LogP contribution is 2.38. The van der Waals surface area contributed by atoms with E-state index in [4.69, 9.17) is 30.5 Å². The largest absolute Gasteiger partial charge is 0.460 e. The molecular formula is C20H25BrClNO11. The van der Waals surface area contributed by atoms with Gasteiger partial charge in [0.15, 0.2) is 6.29 Å². The maximum Gasteiger partial charge on any atom is 0.229 e. The van der Waals surface area contributed by atoms with Crippen LogP contribution >= 0.6 is 27.5 Å². The van der Waals surface area contributed by atoms with E-state index >= 15 is 0 Å². The Hall–Kier alpha value is -1.07. The van der Waals surface area contributed by atoms with Gasteiger partial charge in [-0.05, 0) is 28.1 Å². The Morgan fingerprint density at radius 1 is 0.882 bits per heavy atom. The van der Waals surface area contributed by atoms with Crippen LogP contribution in [0.3, 0.4) is 0 Å². The van der Waals surface area contributed by atoms with E-state index < -0.39 is 74.6 Å². The Morgan fingerprint density at radius 3 is 2.21 bits per heavy atom. The highest BCUT2D eigenvalue weighted by Gasteiger charge is 2.51. The topological polar surface area (TPSA) is 194 Å². The first kappa shape index (κ1) is 26.0. The number of rotatable bonds is 6. The number of aliphatic hydroxyl groups excluding tert-OH is 7. The van der Waals surface area contributed by atoms with Gasteiger partial charge in [0.1, 0.15) is 54.6 Å². The van der Waals surface area contributed by atoms with Crippen molar-refractivity contribution in [2.45, 2.75) is 61.4 Å². The fraction of sp³-hybridized carbons (Fsp3) is 0.600. The molecule has 0 saturated carbocycles. The molecule has 1 aromatic heterocycles. The van der Waals surface area contributed by atoms with E-state index in [-0.39, 0.29) is 5.75 Å². The molecule has 2 aromatic rings. The summed E-state index contributed by atoms with van der Waals surface area (Å²) in [5.41, 5.74) is 0.650. The molecule has 1 aromatic carbocycles. The molecule has 0 aliphatic carbocycles. The van der Waals surface area contributed by atoms with Crippen molar-refractivity contribution in [3.63, 3.8) is 0 Å². The van der Waals surface area contributed by atoms with Crippen LogP contribution in [0.25, 0.3) is 10.9 Å². The number of H-pyrrole nitrogens is 1. The summed E-state index contributed by atoms with van der Waals surface area (Å²) in [4.78, 5) is 2.97. The molecule has 8 N–H and O–H groups in total. The van der Waals surface area contributed by atoms with Gasteiger partial charge in [-0.1, -0.05) is 11.6 Å². The van der Waals surface area contributed by atoms with Gasteiger partial charge in [0, 0.05) is 10.7 Å². The highest BCUT2D eigenvalue weighted by molar-refractivity contribution is 9.10. The predicted octanol–water partition coefficient (Wildman–Crippen LogP) is -1.41. The minimum absolute atomic E-state index is 0.225. The summed E-state index contributed by atoms with van der Waals surface area (Å²) in [6.45, 7) is -1.36. The first-order valence-electron chi connectivity index (χ1n) is 10.4. The summed E-state index contributed by atoms with van der Waals surface area (Å²) >= 11 is 9.68. The molecule has 3 heterocycles. The van der Waals surface area contributed by atoms with Crippen LogP contribution in [-0.2, 0) is 14.2 Å². The number of fused-ring (bicyclic) bond motifs is 1. The maximum absolute atomic E-state index is 10.7. The molecular weight excluding hydrogens is 546 g/mol. The van der Waals surface area contributed by atoms with E-state index in [1.165, 1.54) is 6.20 Å². The molecule has 12 nitrogen and oxygen atoms in total. The van der Waals surface area contributed by atoms with Gasteiger partial charge in [-0.25, -0.2) is 0 Å². The normalized spacial score (nSPS) is 38.9. The minimum Gasteiger partial charge on any atom is -0.460 e. The van der Waals surface area contributed by atoms with Crippen LogP contribution in [0, 0.1) is 0 Å². The summed E-state index contributed by atoms with van der Waals surface area (Å²) < 4.78 is 22.8. The SMILES string of the molecule is OC[C@H]1O[C@@H](O[C@H]2[C@H](O)[C@@H](O)[C@H](Oc3c[nH]c4ccc(Br)c(Cl)c34)O[C@@H]2CO)[C@H](O)[C@@H](O)[C@H]1O. The number of halogens is 2. The third-order valence-electron chi connectivity index (χ3n) is 5.90. The maximum atomic E-state index is 10.7. The van der Waals surface area contributed by atoms with Crippen molar-refractivity contribution in [1.82, 2.24) is 4.98 Å². The molecule has 190 valence electrons. The Bertz CT molecular complexity index is 991. The standard InChI is InChI=1S/C20H25BrClNO11/c21-6-1-2-7-11(12(6)22)8(3-23-7)31-19-17(30)15(28)18(10(5-25)33-19)34-20-16(29)14(27)13(26)9(4-24)32-20/h1-3,9-10,13-20,23-30H,4-5H2/t9-,10-,13+,14+,15-,16-,17-,18-,19-,20+/m1/s1. The lowest BCUT2D eigenvalue weighted by atomic mass is 9.97. The van der Waals surface area contributed by atoms with Crippen LogP contribution in [-0.4, -0.2) is 115 Å². The van der Waals surface area contributed by atoms with E-state index in [1.807, 2.05) is 0 Å². The fourth-order valence-corrected chi connectivity index (χ4v) is 4.59. The Balaban J connectivity index is 1.52. The minimum atomic E-state index is -1.75. The number of benzene rings is 1. The number of aromatic amines is 1. The molecule has 14 heteroatoms. The van der Waals surface area contributed by atoms with Gasteiger partial charge in [0.2, 0.25) is 6.29 Å². The molecule has 2 aliphatic heterocycles. The van der Waals surface area contributed by atoms with E-state index in [9.17, 15) is 35.7 Å². The first-order valence-corrected chi connectivity index (χ1v) is 11.5. The van der Waals surface area contributed by atoms with Crippen molar-refractivity contribution in [2.24, 2.45) is 0 Å². The van der Waals surface area contributed by atoms with Crippen LogP contribution in [0.4, 0.5) is 0 Å². The van der Waals surface area contributed by atoms with Crippen LogP contribution in [0.15, 0.2) is 22.8 Å². The fourth-order valence-electron chi connectivity index (χ4n) is 4.00. The Labute approximate surface area is 206 Å². The zero-order chi connectivity index (χ0) is 24.7. The van der Waals surface area contributed by atoms with Crippen molar-refractivity contribution in [2.75, 3.05) is 13.2 Å². The quantitative estimate of drug-likeness (QED) is 0.203. The first-order chi connectivity index (χ1) is 16.2. The number of ether oxygens (including phenoxy) is 4. The number of aliphatic hydroxyl groups is 7. The third kappa shape index (κ3) is 4.68. The number of hydrogen-bond acceptors (Lipinski definition) is 11. The second kappa shape index (κ2) is 10.5. The lowest BCUT2D eigenvalue weighted by Crippen LogP contribution is -2.65. The summed E-state index contributed by atoms with van der Waals surface area (Å²) in [5.74, 6) is 0.225. The predicted molar refractivity (Wildman–Crippen MR) is 118 cm³/mol. The number of aromatic nitrogens is 1. The highest BCUT2D eigenvalue weighted by atomic mass is 79.9. The molecule has 2 fully saturated rings. The van der Waals surface area contributed by atoms with Gasteiger partial charge >= 0.3 is 0 Å². The molecule has 0 bridgehead atoms. The Morgan fingerprint density at radius 2 is 1.53 bits per heavy atom. The molecule has 4 rings (SSSR count). The summed E-state index contributed by atoms with van der Waals surface area (Å²) in [6.07, 6.45) is -13.9. The zero-order valence-corrected chi connectivity index (χ0v) is 19.8. The number of nitrogens with one attached hydrogen (secondary N) is 1. The van der Waals surface area contributed by atoms with Crippen molar-refractivity contribution < 1.29 is 54.7 Å². The van der Waals surface area contributed by atoms with Crippen molar-refractivity contribution in [3.05, 3.63) is 27.8 Å². The van der Waals surface area contributed by atoms with Gasteiger partial charge in [-0.15, -0.1) is 0 Å². The van der Waals surface area contributed by atoms with Gasteiger partial charge in [0.25, 0.3) is 0 Å². The van der Waals surface area contributed by atoms with Crippen molar-refractivity contribution in [1.29, 1.82) is 0 Å². The average molecular weight is 571 g/mol. The van der Waals surface area contributed by atoms with E-state index in [0.29, 0.717) is 20.4 Å². The second-order valence-electron chi connectivity index (χ2n) is 8.06. The van der Waals surface area contributed by atoms with E-state index in [2.05, 4.69) is 20.9 Å². The zero-order valence-electron chi connectivity index (χ0n) is 17.4. The lowest BCUT2D eigenvalue weighted by molar-refractivity contribution is -0.352. The smallest absolute Gasteiger partial charge is 0.229 e. The van der Waals surface area contributed by atoms with Crippen LogP contribution in [0.1, 0.15) is 0 Å². The molecule has 10 atom stereocenters. The van der Waals surface area contributed by atoms with Crippen LogP contribution in [0.2, 0.25) is 5.02 Å². The van der Waals surface area contributed by atoms with Crippen LogP contribution < -0.4 is 4.74 Å². The molecule has 0 spiro atoms. The summed E-state index contributed by atoms with van der Waals surface area (Å²) in [7, 11) is 0. The molecule has 2 aliphatic rings.